The van der Waals surface area contributed by atoms with Gasteiger partial charge in [0.25, 0.3) is 0 Å². The minimum Gasteiger partial charge on any atom is -0.495 e. The molecule has 0 amide bonds. The van der Waals surface area contributed by atoms with Gasteiger partial charge in [0.1, 0.15) is 5.75 Å². The smallest absolute Gasteiger partial charge is 0.168 e. The van der Waals surface area contributed by atoms with Crippen LogP contribution in [0.25, 0.3) is 0 Å². The normalized spacial score (nSPS) is 21.3. The van der Waals surface area contributed by atoms with Crippen molar-refractivity contribution in [2.45, 2.75) is 6.42 Å². The molecule has 19 heavy (non-hydrogen) atoms. The fourth-order valence-electron chi connectivity index (χ4n) is 2.10. The Morgan fingerprint density at radius 1 is 1.32 bits per heavy atom. The lowest BCUT2D eigenvalue weighted by molar-refractivity contribution is 0.0933. The van der Waals surface area contributed by atoms with Crippen molar-refractivity contribution in [3.05, 3.63) is 27.7 Å². The van der Waals surface area contributed by atoms with Crippen molar-refractivity contribution in [2.75, 3.05) is 18.6 Å². The fraction of sp³-hybridized carbons (Fsp3) is 0.417. The Bertz CT molecular complexity index is 625. The van der Waals surface area contributed by atoms with Gasteiger partial charge in [-0.1, -0.05) is 23.2 Å². The highest BCUT2D eigenvalue weighted by Gasteiger charge is 2.34. The largest absolute Gasteiger partial charge is 0.495 e. The first-order valence-corrected chi connectivity index (χ1v) is 8.19. The molecule has 1 atom stereocenters. The predicted molar refractivity (Wildman–Crippen MR) is 74.1 cm³/mol. The maximum atomic E-state index is 12.3. The molecule has 104 valence electrons. The van der Waals surface area contributed by atoms with Crippen LogP contribution in [0.2, 0.25) is 10.0 Å². The number of ketones is 1. The topological polar surface area (TPSA) is 60.4 Å². The average molecular weight is 323 g/mol. The third kappa shape index (κ3) is 3.04. The van der Waals surface area contributed by atoms with Gasteiger partial charge in [-0.15, -0.1) is 0 Å². The molecule has 0 aromatic heterocycles. The predicted octanol–water partition coefficient (Wildman–Crippen LogP) is 2.62. The van der Waals surface area contributed by atoms with Crippen LogP contribution in [0.1, 0.15) is 16.8 Å². The summed E-state index contributed by atoms with van der Waals surface area (Å²) >= 11 is 12.0. The van der Waals surface area contributed by atoms with Gasteiger partial charge in [0.05, 0.1) is 28.7 Å². The van der Waals surface area contributed by atoms with Crippen molar-refractivity contribution < 1.29 is 17.9 Å². The van der Waals surface area contributed by atoms with Gasteiger partial charge in [-0.25, -0.2) is 8.42 Å². The van der Waals surface area contributed by atoms with Gasteiger partial charge < -0.3 is 4.74 Å². The molecule has 0 spiro atoms. The summed E-state index contributed by atoms with van der Waals surface area (Å²) < 4.78 is 27.8. The zero-order valence-corrected chi connectivity index (χ0v) is 12.5. The molecule has 1 aromatic rings. The molecular formula is C12H12Cl2O4S. The van der Waals surface area contributed by atoms with Crippen LogP contribution in [0, 0.1) is 5.92 Å². The number of benzene rings is 1. The van der Waals surface area contributed by atoms with Gasteiger partial charge in [-0.2, -0.15) is 0 Å². The highest BCUT2D eigenvalue weighted by Crippen LogP contribution is 2.33. The van der Waals surface area contributed by atoms with Crippen LogP contribution in [-0.2, 0) is 9.84 Å². The number of carbonyl (C=O) groups is 1. The average Bonchev–Trinajstić information content (AvgIpc) is 2.71. The summed E-state index contributed by atoms with van der Waals surface area (Å²) in [5.74, 6) is -0.513. The number of ether oxygens (including phenoxy) is 1. The number of sulfone groups is 1. The molecule has 1 fully saturated rings. The van der Waals surface area contributed by atoms with Crippen LogP contribution >= 0.6 is 23.2 Å². The number of hydrogen-bond acceptors (Lipinski definition) is 4. The summed E-state index contributed by atoms with van der Waals surface area (Å²) in [6, 6.07) is 2.89. The quantitative estimate of drug-likeness (QED) is 0.802. The molecule has 0 bridgehead atoms. The lowest BCUT2D eigenvalue weighted by Crippen LogP contribution is -2.16. The third-order valence-corrected chi connectivity index (χ3v) is 5.49. The summed E-state index contributed by atoms with van der Waals surface area (Å²) in [4.78, 5) is 12.3. The van der Waals surface area contributed by atoms with Crippen LogP contribution < -0.4 is 4.74 Å². The molecule has 1 heterocycles. The van der Waals surface area contributed by atoms with Gasteiger partial charge in [0, 0.05) is 17.5 Å². The highest BCUT2D eigenvalue weighted by atomic mass is 35.5. The number of methoxy groups -OCH3 is 1. The van der Waals surface area contributed by atoms with E-state index in [0.29, 0.717) is 12.2 Å². The summed E-state index contributed by atoms with van der Waals surface area (Å²) in [7, 11) is -1.66. The summed E-state index contributed by atoms with van der Waals surface area (Å²) in [6.07, 6.45) is 0.334. The van der Waals surface area contributed by atoms with Gasteiger partial charge >= 0.3 is 0 Å². The maximum absolute atomic E-state index is 12.3. The first-order chi connectivity index (χ1) is 8.84. The van der Waals surface area contributed by atoms with E-state index in [1.165, 1.54) is 19.2 Å². The van der Waals surface area contributed by atoms with Crippen LogP contribution in [0.4, 0.5) is 0 Å². The van der Waals surface area contributed by atoms with Crippen molar-refractivity contribution in [1.29, 1.82) is 0 Å². The van der Waals surface area contributed by atoms with Crippen LogP contribution in [0.5, 0.6) is 5.75 Å². The second-order valence-corrected chi connectivity index (χ2v) is 7.47. The second-order valence-electron chi connectivity index (χ2n) is 4.43. The van der Waals surface area contributed by atoms with E-state index in [9.17, 15) is 13.2 Å². The summed E-state index contributed by atoms with van der Waals surface area (Å²) in [5.41, 5.74) is 0.245. The second kappa shape index (κ2) is 5.31. The lowest BCUT2D eigenvalue weighted by atomic mass is 9.97. The number of Topliss-reactive ketones (excluding diaryl/α,β-unsaturated/α-hetero) is 1. The molecule has 0 radical (unpaired) electrons. The molecule has 0 saturated carbocycles. The van der Waals surface area contributed by atoms with Crippen LogP contribution in [0.15, 0.2) is 12.1 Å². The zero-order valence-electron chi connectivity index (χ0n) is 10.2. The Labute approximate surface area is 121 Å². The minimum atomic E-state index is -3.11. The van der Waals surface area contributed by atoms with Crippen molar-refractivity contribution in [3.8, 4) is 5.75 Å². The van der Waals surface area contributed by atoms with Crippen LogP contribution in [-0.4, -0.2) is 32.8 Å². The molecule has 1 aliphatic rings. The Balaban J connectivity index is 2.32. The third-order valence-electron chi connectivity index (χ3n) is 3.11. The summed E-state index contributed by atoms with van der Waals surface area (Å²) in [5, 5.41) is 0.492. The van der Waals surface area contributed by atoms with Crippen LogP contribution in [0.3, 0.4) is 0 Å². The zero-order chi connectivity index (χ0) is 14.2. The van der Waals surface area contributed by atoms with E-state index in [0.717, 1.165) is 0 Å². The number of halogens is 2. The Morgan fingerprint density at radius 3 is 2.53 bits per heavy atom. The van der Waals surface area contributed by atoms with Gasteiger partial charge in [-0.3, -0.25) is 4.79 Å². The molecule has 4 nitrogen and oxygen atoms in total. The van der Waals surface area contributed by atoms with E-state index in [-0.39, 0.29) is 32.9 Å². The Morgan fingerprint density at radius 2 is 2.00 bits per heavy atom. The van der Waals surface area contributed by atoms with E-state index in [1.54, 1.807) is 0 Å². The summed E-state index contributed by atoms with van der Waals surface area (Å²) in [6.45, 7) is 0. The number of hydrogen-bond donors (Lipinski definition) is 0. The molecular weight excluding hydrogens is 311 g/mol. The highest BCUT2D eigenvalue weighted by molar-refractivity contribution is 7.91. The van der Waals surface area contributed by atoms with Crippen molar-refractivity contribution in [3.63, 3.8) is 0 Å². The molecule has 1 aliphatic heterocycles. The first-order valence-electron chi connectivity index (χ1n) is 5.62. The molecule has 1 unspecified atom stereocenters. The van der Waals surface area contributed by atoms with Gasteiger partial charge in [0.15, 0.2) is 15.6 Å². The standard InChI is InChI=1S/C12H12Cl2O4S/c1-18-11-5-9(13)8(4-10(11)14)12(15)7-2-3-19(16,17)6-7/h4-5,7H,2-3,6H2,1H3. The number of carbonyl (C=O) groups excluding carboxylic acids is 1. The molecule has 1 saturated heterocycles. The minimum absolute atomic E-state index is 0.0465. The molecule has 0 N–H and O–H groups in total. The van der Waals surface area contributed by atoms with Gasteiger partial charge in [0.2, 0.25) is 0 Å². The lowest BCUT2D eigenvalue weighted by Gasteiger charge is -2.11. The molecule has 0 aliphatic carbocycles. The van der Waals surface area contributed by atoms with E-state index in [4.69, 9.17) is 27.9 Å². The van der Waals surface area contributed by atoms with Crippen molar-refractivity contribution in [1.82, 2.24) is 0 Å². The van der Waals surface area contributed by atoms with E-state index >= 15 is 0 Å². The first kappa shape index (κ1) is 14.6. The Hall–Kier alpha value is -0.780. The van der Waals surface area contributed by atoms with Gasteiger partial charge in [-0.05, 0) is 12.5 Å². The Kier molecular flexibility index (Phi) is 4.08. The fourth-order valence-corrected chi connectivity index (χ4v) is 4.32. The molecule has 1 aromatic carbocycles. The monoisotopic (exact) mass is 322 g/mol. The number of rotatable bonds is 3. The maximum Gasteiger partial charge on any atom is 0.168 e. The molecule has 2 rings (SSSR count). The van der Waals surface area contributed by atoms with Crippen molar-refractivity contribution in [2.24, 2.45) is 5.92 Å². The SMILES string of the molecule is COc1cc(Cl)c(C(=O)C2CCS(=O)(=O)C2)cc1Cl. The van der Waals surface area contributed by atoms with E-state index < -0.39 is 15.8 Å². The molecule has 7 heteroatoms. The van der Waals surface area contributed by atoms with E-state index in [2.05, 4.69) is 0 Å². The van der Waals surface area contributed by atoms with E-state index in [1.807, 2.05) is 0 Å². The van der Waals surface area contributed by atoms with Crippen molar-refractivity contribution >= 4 is 38.8 Å².